The van der Waals surface area contributed by atoms with Crippen LogP contribution in [0.5, 0.6) is 0 Å². The van der Waals surface area contributed by atoms with Crippen molar-refractivity contribution in [2.45, 2.75) is 26.1 Å². The second-order valence-electron chi connectivity index (χ2n) is 5.25. The molecule has 0 unspecified atom stereocenters. The zero-order chi connectivity index (χ0) is 14.8. The van der Waals surface area contributed by atoms with Gasteiger partial charge >= 0.3 is 0 Å². The van der Waals surface area contributed by atoms with Crippen molar-refractivity contribution >= 4 is 12.1 Å². The molecule has 0 aromatic carbocycles. The minimum Gasteiger partial charge on any atom is -0.444 e. The molecule has 3 heterocycles. The quantitative estimate of drug-likeness (QED) is 0.806. The van der Waals surface area contributed by atoms with Gasteiger partial charge in [0.1, 0.15) is 12.1 Å². The maximum absolute atomic E-state index is 11.4. The Bertz CT molecular complexity index is 617. The lowest BCUT2D eigenvalue weighted by Crippen LogP contribution is -2.46. The summed E-state index contributed by atoms with van der Waals surface area (Å²) in [6, 6.07) is 1.76. The highest BCUT2D eigenvalue weighted by atomic mass is 16.5. The molecule has 0 bridgehead atoms. The van der Waals surface area contributed by atoms with Gasteiger partial charge in [-0.05, 0) is 19.9 Å². The largest absolute Gasteiger partial charge is 0.444 e. The van der Waals surface area contributed by atoms with Crippen molar-refractivity contribution in [3.8, 4) is 11.5 Å². The number of anilines is 1. The topological polar surface area (TPSA) is 68.5 Å². The lowest BCUT2D eigenvalue weighted by atomic mass is 10.1. The Labute approximate surface area is 122 Å². The predicted molar refractivity (Wildman–Crippen MR) is 77.3 cm³/mol. The van der Waals surface area contributed by atoms with Crippen LogP contribution in [0.4, 0.5) is 5.82 Å². The van der Waals surface area contributed by atoms with Gasteiger partial charge in [0, 0.05) is 19.3 Å². The van der Waals surface area contributed by atoms with Crippen molar-refractivity contribution in [2.75, 3.05) is 18.0 Å². The van der Waals surface area contributed by atoms with Crippen LogP contribution in [0.25, 0.3) is 11.5 Å². The Balaban J connectivity index is 1.94. The smallest absolute Gasteiger partial charge is 0.227 e. The summed E-state index contributed by atoms with van der Waals surface area (Å²) < 4.78 is 10.9. The van der Waals surface area contributed by atoms with Gasteiger partial charge in [0.2, 0.25) is 5.89 Å². The first kappa shape index (κ1) is 13.8. The molecule has 21 heavy (non-hydrogen) atoms. The van der Waals surface area contributed by atoms with Crippen molar-refractivity contribution in [3.05, 3.63) is 30.3 Å². The number of carbonyl (C=O) groups excluding carboxylic acids is 1. The van der Waals surface area contributed by atoms with Crippen LogP contribution in [-0.4, -0.2) is 41.6 Å². The number of aromatic nitrogens is 2. The van der Waals surface area contributed by atoms with Gasteiger partial charge in [-0.25, -0.2) is 9.97 Å². The molecule has 0 spiro atoms. The summed E-state index contributed by atoms with van der Waals surface area (Å²) >= 11 is 0. The molecule has 1 fully saturated rings. The second kappa shape index (κ2) is 5.65. The molecule has 1 aliphatic rings. The van der Waals surface area contributed by atoms with E-state index in [0.717, 1.165) is 19.4 Å². The van der Waals surface area contributed by atoms with Crippen LogP contribution in [-0.2, 0) is 4.74 Å². The molecule has 3 rings (SSSR count). The van der Waals surface area contributed by atoms with E-state index in [1.54, 1.807) is 18.5 Å². The second-order valence-corrected chi connectivity index (χ2v) is 5.25. The standard InChI is InChI=1S/C15H17N3O3/c1-10-7-18(8-11(2)21-10)14-13(9-19)5-12(6-17-14)15-16-3-4-20-15/h3-6,9-11H,7-8H2,1-2H3/t10-,11+. The molecule has 6 heteroatoms. The summed E-state index contributed by atoms with van der Waals surface area (Å²) in [5.74, 6) is 1.14. The normalized spacial score (nSPS) is 22.3. The number of aldehydes is 1. The lowest BCUT2D eigenvalue weighted by Gasteiger charge is -2.36. The van der Waals surface area contributed by atoms with Crippen molar-refractivity contribution in [1.82, 2.24) is 9.97 Å². The van der Waals surface area contributed by atoms with E-state index in [0.29, 0.717) is 22.8 Å². The summed E-state index contributed by atoms with van der Waals surface area (Å²) in [6.45, 7) is 5.47. The average molecular weight is 287 g/mol. The van der Waals surface area contributed by atoms with E-state index in [-0.39, 0.29) is 12.2 Å². The van der Waals surface area contributed by atoms with Crippen LogP contribution in [0.1, 0.15) is 24.2 Å². The van der Waals surface area contributed by atoms with E-state index in [2.05, 4.69) is 14.9 Å². The van der Waals surface area contributed by atoms with Gasteiger partial charge in [-0.15, -0.1) is 0 Å². The first-order chi connectivity index (χ1) is 10.2. The Hall–Kier alpha value is -2.21. The molecule has 2 aromatic heterocycles. The summed E-state index contributed by atoms with van der Waals surface area (Å²) in [4.78, 5) is 22.0. The number of morpholine rings is 1. The van der Waals surface area contributed by atoms with Crippen LogP contribution < -0.4 is 4.90 Å². The molecular weight excluding hydrogens is 270 g/mol. The first-order valence-corrected chi connectivity index (χ1v) is 6.93. The van der Waals surface area contributed by atoms with E-state index in [4.69, 9.17) is 9.15 Å². The number of ether oxygens (including phenoxy) is 1. The first-order valence-electron chi connectivity index (χ1n) is 6.93. The zero-order valence-electron chi connectivity index (χ0n) is 12.0. The van der Waals surface area contributed by atoms with E-state index in [1.165, 1.54) is 6.26 Å². The molecule has 0 saturated carbocycles. The van der Waals surface area contributed by atoms with E-state index >= 15 is 0 Å². The highest BCUT2D eigenvalue weighted by Crippen LogP contribution is 2.25. The lowest BCUT2D eigenvalue weighted by molar-refractivity contribution is -0.00549. The Morgan fingerprint density at radius 1 is 1.29 bits per heavy atom. The third-order valence-electron chi connectivity index (χ3n) is 3.42. The Morgan fingerprint density at radius 2 is 2.05 bits per heavy atom. The van der Waals surface area contributed by atoms with Crippen LogP contribution in [0, 0.1) is 0 Å². The number of hydrogen-bond donors (Lipinski definition) is 0. The summed E-state index contributed by atoms with van der Waals surface area (Å²) in [5.41, 5.74) is 1.23. The molecule has 6 nitrogen and oxygen atoms in total. The van der Waals surface area contributed by atoms with Gasteiger partial charge in [0.05, 0.1) is 29.5 Å². The number of oxazole rings is 1. The molecule has 1 saturated heterocycles. The van der Waals surface area contributed by atoms with E-state index < -0.39 is 0 Å². The SMILES string of the molecule is C[C@@H]1CN(c2ncc(-c3ncco3)cc2C=O)C[C@H](C)O1. The summed E-state index contributed by atoms with van der Waals surface area (Å²) in [5, 5.41) is 0. The fourth-order valence-electron chi connectivity index (χ4n) is 2.66. The molecule has 0 aliphatic carbocycles. The van der Waals surface area contributed by atoms with Crippen LogP contribution in [0.3, 0.4) is 0 Å². The van der Waals surface area contributed by atoms with Crippen LogP contribution in [0.2, 0.25) is 0 Å². The number of nitrogens with zero attached hydrogens (tertiary/aromatic N) is 3. The molecule has 1 aliphatic heterocycles. The molecule has 2 aromatic rings. The molecule has 110 valence electrons. The number of pyridine rings is 1. The highest BCUT2D eigenvalue weighted by molar-refractivity contribution is 5.85. The van der Waals surface area contributed by atoms with Gasteiger partial charge in [-0.3, -0.25) is 4.79 Å². The van der Waals surface area contributed by atoms with Gasteiger partial charge in [0.15, 0.2) is 6.29 Å². The van der Waals surface area contributed by atoms with Crippen LogP contribution >= 0.6 is 0 Å². The van der Waals surface area contributed by atoms with Crippen molar-refractivity contribution < 1.29 is 13.9 Å². The van der Waals surface area contributed by atoms with Gasteiger partial charge in [-0.2, -0.15) is 0 Å². The number of hydrogen-bond acceptors (Lipinski definition) is 6. The van der Waals surface area contributed by atoms with E-state index in [9.17, 15) is 4.79 Å². The molecule has 0 amide bonds. The molecular formula is C15H17N3O3. The summed E-state index contributed by atoms with van der Waals surface area (Å²) in [6.07, 6.45) is 5.78. The number of rotatable bonds is 3. The van der Waals surface area contributed by atoms with E-state index in [1.807, 2.05) is 13.8 Å². The van der Waals surface area contributed by atoms with Gasteiger partial charge in [0.25, 0.3) is 0 Å². The zero-order valence-corrected chi connectivity index (χ0v) is 12.0. The van der Waals surface area contributed by atoms with Crippen molar-refractivity contribution in [1.29, 1.82) is 0 Å². The third kappa shape index (κ3) is 2.80. The summed E-state index contributed by atoms with van der Waals surface area (Å²) in [7, 11) is 0. The molecule has 2 atom stereocenters. The minimum absolute atomic E-state index is 0.112. The predicted octanol–water partition coefficient (Wildman–Crippen LogP) is 2.16. The van der Waals surface area contributed by atoms with Gasteiger partial charge in [-0.1, -0.05) is 0 Å². The molecule has 0 radical (unpaired) electrons. The van der Waals surface area contributed by atoms with Crippen molar-refractivity contribution in [2.24, 2.45) is 0 Å². The average Bonchev–Trinajstić information content (AvgIpc) is 2.99. The third-order valence-corrected chi connectivity index (χ3v) is 3.42. The molecule has 0 N–H and O–H groups in total. The Kier molecular flexibility index (Phi) is 3.70. The maximum atomic E-state index is 11.4. The fraction of sp³-hybridized carbons (Fsp3) is 0.400. The highest BCUT2D eigenvalue weighted by Gasteiger charge is 2.25. The number of carbonyl (C=O) groups is 1. The minimum atomic E-state index is 0.112. The Morgan fingerprint density at radius 3 is 2.67 bits per heavy atom. The maximum Gasteiger partial charge on any atom is 0.227 e. The van der Waals surface area contributed by atoms with Gasteiger partial charge < -0.3 is 14.1 Å². The van der Waals surface area contributed by atoms with Crippen LogP contribution in [0.15, 0.2) is 29.1 Å². The fourth-order valence-corrected chi connectivity index (χ4v) is 2.66. The monoisotopic (exact) mass is 287 g/mol. The van der Waals surface area contributed by atoms with Crippen molar-refractivity contribution in [3.63, 3.8) is 0 Å².